The van der Waals surface area contributed by atoms with Crippen molar-refractivity contribution < 1.29 is 4.52 Å². The average Bonchev–Trinajstić information content (AvgIpc) is 3.25. The third kappa shape index (κ3) is 2.24. The average molecular weight is 316 g/mol. The van der Waals surface area contributed by atoms with E-state index in [1.165, 1.54) is 11.3 Å². The topological polar surface area (TPSA) is 95.7 Å². The van der Waals surface area contributed by atoms with E-state index in [0.29, 0.717) is 11.7 Å². The molecule has 1 aliphatic rings. The second-order valence-electron chi connectivity index (χ2n) is 5.72. The zero-order valence-corrected chi connectivity index (χ0v) is 13.0. The van der Waals surface area contributed by atoms with Crippen molar-refractivity contribution in [2.75, 3.05) is 0 Å². The first kappa shape index (κ1) is 13.6. The molecule has 22 heavy (non-hydrogen) atoms. The summed E-state index contributed by atoms with van der Waals surface area (Å²) in [5.41, 5.74) is 6.91. The van der Waals surface area contributed by atoms with Crippen LogP contribution in [-0.4, -0.2) is 24.9 Å². The van der Waals surface area contributed by atoms with E-state index in [1.807, 2.05) is 13.2 Å². The monoisotopic (exact) mass is 316 g/mol. The quantitative estimate of drug-likeness (QED) is 0.796. The number of thiazole rings is 1. The van der Waals surface area contributed by atoms with Crippen molar-refractivity contribution >= 4 is 11.3 Å². The van der Waals surface area contributed by atoms with Crippen molar-refractivity contribution in [3.05, 3.63) is 24.4 Å². The van der Waals surface area contributed by atoms with Gasteiger partial charge in [0.2, 0.25) is 0 Å². The Balaban J connectivity index is 1.63. The normalized spacial score (nSPS) is 17.2. The Kier molecular flexibility index (Phi) is 3.08. The minimum Gasteiger partial charge on any atom is -0.333 e. The van der Waals surface area contributed by atoms with Gasteiger partial charge in [0.15, 0.2) is 5.82 Å². The van der Waals surface area contributed by atoms with E-state index in [1.54, 1.807) is 17.1 Å². The Morgan fingerprint density at radius 2 is 2.14 bits per heavy atom. The first-order valence-electron chi connectivity index (χ1n) is 7.22. The summed E-state index contributed by atoms with van der Waals surface area (Å²) in [5.74, 6) is 1.09. The molecule has 0 radical (unpaired) electrons. The summed E-state index contributed by atoms with van der Waals surface area (Å²) in [4.78, 5) is 9.75. The molecule has 8 heteroatoms. The summed E-state index contributed by atoms with van der Waals surface area (Å²) < 4.78 is 7.14. The lowest BCUT2D eigenvalue weighted by Crippen LogP contribution is -2.34. The highest BCUT2D eigenvalue weighted by molar-refractivity contribution is 7.18. The van der Waals surface area contributed by atoms with E-state index < -0.39 is 5.54 Å². The Hall–Kier alpha value is -2.06. The molecule has 0 aliphatic heterocycles. The summed E-state index contributed by atoms with van der Waals surface area (Å²) >= 11 is 1.51. The minimum atomic E-state index is -0.432. The van der Waals surface area contributed by atoms with Crippen LogP contribution in [0.25, 0.3) is 21.3 Å². The molecule has 0 aromatic carbocycles. The highest BCUT2D eigenvalue weighted by Crippen LogP contribution is 2.36. The fourth-order valence-electron chi connectivity index (χ4n) is 2.79. The fourth-order valence-corrected chi connectivity index (χ4v) is 3.61. The van der Waals surface area contributed by atoms with Crippen LogP contribution in [0.15, 0.2) is 23.1 Å². The molecule has 2 N–H and O–H groups in total. The van der Waals surface area contributed by atoms with Crippen molar-refractivity contribution in [2.24, 2.45) is 12.8 Å². The van der Waals surface area contributed by atoms with Gasteiger partial charge in [-0.2, -0.15) is 10.1 Å². The number of rotatable bonds is 3. The maximum Gasteiger partial charge on any atom is 0.269 e. The predicted molar refractivity (Wildman–Crippen MR) is 81.9 cm³/mol. The maximum absolute atomic E-state index is 6.36. The van der Waals surface area contributed by atoms with E-state index >= 15 is 0 Å². The van der Waals surface area contributed by atoms with Crippen LogP contribution in [0.2, 0.25) is 0 Å². The molecule has 0 atom stereocenters. The minimum absolute atomic E-state index is 0.432. The van der Waals surface area contributed by atoms with Crippen molar-refractivity contribution in [3.8, 4) is 21.3 Å². The Labute approximate surface area is 131 Å². The van der Waals surface area contributed by atoms with Crippen LogP contribution < -0.4 is 5.73 Å². The molecule has 1 fully saturated rings. The number of hydrogen-bond acceptors (Lipinski definition) is 7. The van der Waals surface area contributed by atoms with Gasteiger partial charge in [-0.1, -0.05) is 18.0 Å². The molecule has 114 valence electrons. The zero-order valence-electron chi connectivity index (χ0n) is 12.2. The molecule has 4 rings (SSSR count). The summed E-state index contributed by atoms with van der Waals surface area (Å²) in [5, 5.41) is 9.12. The number of aromatic nitrogens is 5. The van der Waals surface area contributed by atoms with Crippen LogP contribution in [0.5, 0.6) is 0 Å². The fraction of sp³-hybridized carbons (Fsp3) is 0.429. The van der Waals surface area contributed by atoms with Gasteiger partial charge >= 0.3 is 0 Å². The third-order valence-corrected chi connectivity index (χ3v) is 5.07. The smallest absolute Gasteiger partial charge is 0.269 e. The van der Waals surface area contributed by atoms with E-state index in [-0.39, 0.29) is 0 Å². The Bertz CT molecular complexity index is 798. The van der Waals surface area contributed by atoms with E-state index in [4.69, 9.17) is 10.3 Å². The van der Waals surface area contributed by atoms with Crippen LogP contribution in [0.3, 0.4) is 0 Å². The Morgan fingerprint density at radius 3 is 2.86 bits per heavy atom. The van der Waals surface area contributed by atoms with Gasteiger partial charge in [-0.05, 0) is 12.8 Å². The van der Waals surface area contributed by atoms with Gasteiger partial charge in [-0.3, -0.25) is 4.68 Å². The highest BCUT2D eigenvalue weighted by Gasteiger charge is 2.36. The molecule has 1 aliphatic carbocycles. The SMILES string of the molecule is Cn1cc(-c2ncc(-c3nc(C4(N)CCCC4)no3)s2)cn1. The number of nitrogens with zero attached hydrogens (tertiary/aromatic N) is 5. The number of aryl methyl sites for hydroxylation is 1. The van der Waals surface area contributed by atoms with E-state index in [2.05, 4.69) is 20.2 Å². The van der Waals surface area contributed by atoms with Gasteiger partial charge in [0.05, 0.1) is 17.9 Å². The first-order valence-corrected chi connectivity index (χ1v) is 8.04. The van der Waals surface area contributed by atoms with Crippen LogP contribution >= 0.6 is 11.3 Å². The molecule has 0 amide bonds. The van der Waals surface area contributed by atoms with Crippen LogP contribution in [0.1, 0.15) is 31.5 Å². The number of nitrogens with two attached hydrogens (primary N) is 1. The van der Waals surface area contributed by atoms with Crippen LogP contribution in [0, 0.1) is 0 Å². The van der Waals surface area contributed by atoms with Crippen molar-refractivity contribution in [2.45, 2.75) is 31.2 Å². The van der Waals surface area contributed by atoms with Gasteiger partial charge in [0, 0.05) is 18.8 Å². The van der Waals surface area contributed by atoms with Gasteiger partial charge in [-0.25, -0.2) is 4.98 Å². The summed E-state index contributed by atoms with van der Waals surface area (Å²) in [7, 11) is 1.88. The Morgan fingerprint density at radius 1 is 1.32 bits per heavy atom. The second kappa shape index (κ2) is 4.99. The summed E-state index contributed by atoms with van der Waals surface area (Å²) in [6.45, 7) is 0. The molecule has 1 saturated carbocycles. The van der Waals surface area contributed by atoms with Crippen LogP contribution in [-0.2, 0) is 12.6 Å². The largest absolute Gasteiger partial charge is 0.333 e. The van der Waals surface area contributed by atoms with Gasteiger partial charge in [0.1, 0.15) is 9.88 Å². The second-order valence-corrected chi connectivity index (χ2v) is 6.75. The van der Waals surface area contributed by atoms with Crippen LogP contribution in [0.4, 0.5) is 0 Å². The van der Waals surface area contributed by atoms with Crippen molar-refractivity contribution in [1.82, 2.24) is 24.9 Å². The van der Waals surface area contributed by atoms with Gasteiger partial charge in [0.25, 0.3) is 5.89 Å². The molecule has 3 aromatic rings. The zero-order chi connectivity index (χ0) is 15.2. The van der Waals surface area contributed by atoms with E-state index in [0.717, 1.165) is 41.1 Å². The molecule has 0 saturated heterocycles. The summed E-state index contributed by atoms with van der Waals surface area (Å²) in [6.07, 6.45) is 9.52. The molecule has 0 spiro atoms. The first-order chi connectivity index (χ1) is 10.6. The molecule has 3 aromatic heterocycles. The molecule has 0 bridgehead atoms. The molecular weight excluding hydrogens is 300 g/mol. The summed E-state index contributed by atoms with van der Waals surface area (Å²) in [6, 6.07) is 0. The lowest BCUT2D eigenvalue weighted by molar-refractivity contribution is 0.373. The third-order valence-electron chi connectivity index (χ3n) is 4.04. The lowest BCUT2D eigenvalue weighted by Gasteiger charge is -2.17. The highest BCUT2D eigenvalue weighted by atomic mass is 32.1. The standard InChI is InChI=1S/C14H16N6OS/c1-20-8-9(6-17-20)12-16-7-10(22-12)11-18-13(19-21-11)14(15)4-2-3-5-14/h6-8H,2-5,15H2,1H3. The van der Waals surface area contributed by atoms with Crippen molar-refractivity contribution in [3.63, 3.8) is 0 Å². The van der Waals surface area contributed by atoms with Crippen molar-refractivity contribution in [1.29, 1.82) is 0 Å². The molecule has 0 unspecified atom stereocenters. The lowest BCUT2D eigenvalue weighted by atomic mass is 9.99. The van der Waals surface area contributed by atoms with Gasteiger partial charge < -0.3 is 10.3 Å². The predicted octanol–water partition coefficient (Wildman–Crippen LogP) is 2.32. The molecule has 3 heterocycles. The number of hydrogen-bond donors (Lipinski definition) is 1. The molecular formula is C14H16N6OS. The molecule has 7 nitrogen and oxygen atoms in total. The van der Waals surface area contributed by atoms with E-state index in [9.17, 15) is 0 Å². The maximum atomic E-state index is 6.36. The van der Waals surface area contributed by atoms with Gasteiger partial charge in [-0.15, -0.1) is 11.3 Å².